The minimum absolute atomic E-state index is 0.247. The quantitative estimate of drug-likeness (QED) is 0.329. The average Bonchev–Trinajstić information content (AvgIpc) is 2.29. The monoisotopic (exact) mass is 270 g/mol. The fraction of sp³-hybridized carbons (Fsp3) is 1.00. The summed E-state index contributed by atoms with van der Waals surface area (Å²) in [5.74, 6) is 0.918. The van der Waals surface area contributed by atoms with Crippen LogP contribution in [0.1, 0.15) is 6.42 Å². The molecular formula is C9H18O5S2. The van der Waals surface area contributed by atoms with E-state index >= 15 is 0 Å². The summed E-state index contributed by atoms with van der Waals surface area (Å²) in [6, 6.07) is 0. The first-order chi connectivity index (χ1) is 7.61. The zero-order valence-corrected chi connectivity index (χ0v) is 10.6. The summed E-state index contributed by atoms with van der Waals surface area (Å²) in [6.07, 6.45) is -4.49. The Bertz CT molecular complexity index is 204. The van der Waals surface area contributed by atoms with Gasteiger partial charge in [-0.3, -0.25) is 0 Å². The molecule has 0 aromatic carbocycles. The molecule has 0 bridgehead atoms. The average molecular weight is 270 g/mol. The molecule has 7 heteroatoms. The Morgan fingerprint density at radius 3 is 2.31 bits per heavy atom. The highest BCUT2D eigenvalue weighted by Crippen LogP contribution is 2.22. The van der Waals surface area contributed by atoms with Crippen molar-refractivity contribution in [3.05, 3.63) is 0 Å². The summed E-state index contributed by atoms with van der Waals surface area (Å²) >= 11 is 8.02. The van der Waals surface area contributed by atoms with Crippen LogP contribution in [0.25, 0.3) is 0 Å². The van der Waals surface area contributed by atoms with Crippen LogP contribution in [0.4, 0.5) is 0 Å². The Kier molecular flexibility index (Phi) is 6.42. The van der Waals surface area contributed by atoms with Gasteiger partial charge in [-0.05, 0) is 12.2 Å². The first-order valence-electron chi connectivity index (χ1n) is 5.14. The van der Waals surface area contributed by atoms with Gasteiger partial charge < -0.3 is 24.8 Å². The minimum Gasteiger partial charge on any atom is -0.388 e. The number of hydrogen-bond acceptors (Lipinski definition) is 7. The van der Waals surface area contributed by atoms with E-state index in [4.69, 9.17) is 9.47 Å². The maximum Gasteiger partial charge on any atom is 0.186 e. The normalized spacial score (nSPS) is 39.9. The van der Waals surface area contributed by atoms with Crippen LogP contribution < -0.4 is 0 Å². The molecule has 0 aromatic heterocycles. The maximum absolute atomic E-state index is 9.62. The number of hydrogen-bond donors (Lipinski definition) is 5. The number of thiol groups is 2. The summed E-state index contributed by atoms with van der Waals surface area (Å²) in [5.41, 5.74) is 0. The molecule has 1 heterocycles. The second-order valence-corrected chi connectivity index (χ2v) is 4.46. The Morgan fingerprint density at radius 2 is 1.75 bits per heavy atom. The lowest BCUT2D eigenvalue weighted by Crippen LogP contribution is -2.58. The van der Waals surface area contributed by atoms with Crippen LogP contribution in [0.5, 0.6) is 0 Å². The maximum atomic E-state index is 9.62. The molecule has 0 aliphatic carbocycles. The summed E-state index contributed by atoms with van der Waals surface area (Å²) in [5, 5.41) is 28.7. The molecule has 3 N–H and O–H groups in total. The van der Waals surface area contributed by atoms with Crippen LogP contribution >= 0.6 is 25.3 Å². The zero-order valence-electron chi connectivity index (χ0n) is 8.77. The molecule has 1 fully saturated rings. The van der Waals surface area contributed by atoms with E-state index in [1.807, 2.05) is 0 Å². The van der Waals surface area contributed by atoms with Gasteiger partial charge in [0.25, 0.3) is 0 Å². The fourth-order valence-corrected chi connectivity index (χ4v) is 1.90. The van der Waals surface area contributed by atoms with Crippen molar-refractivity contribution in [3.8, 4) is 0 Å². The number of aliphatic hydroxyl groups is 3. The second kappa shape index (κ2) is 7.05. The molecule has 1 aliphatic heterocycles. The van der Waals surface area contributed by atoms with Crippen molar-refractivity contribution in [1.82, 2.24) is 0 Å². The summed E-state index contributed by atoms with van der Waals surface area (Å²) in [6.45, 7) is 0.382. The lowest BCUT2D eigenvalue weighted by molar-refractivity contribution is -0.291. The van der Waals surface area contributed by atoms with Crippen LogP contribution in [-0.2, 0) is 9.47 Å². The highest BCUT2D eigenvalue weighted by molar-refractivity contribution is 7.80. The lowest BCUT2D eigenvalue weighted by Gasteiger charge is -2.39. The van der Waals surface area contributed by atoms with Crippen molar-refractivity contribution in [1.29, 1.82) is 0 Å². The van der Waals surface area contributed by atoms with Gasteiger partial charge in [-0.2, -0.15) is 25.3 Å². The molecule has 16 heavy (non-hydrogen) atoms. The van der Waals surface area contributed by atoms with E-state index in [1.165, 1.54) is 0 Å². The summed E-state index contributed by atoms with van der Waals surface area (Å²) < 4.78 is 10.6. The van der Waals surface area contributed by atoms with E-state index < -0.39 is 30.7 Å². The van der Waals surface area contributed by atoms with E-state index in [-0.39, 0.29) is 5.75 Å². The largest absolute Gasteiger partial charge is 0.388 e. The highest BCUT2D eigenvalue weighted by atomic mass is 32.1. The van der Waals surface area contributed by atoms with E-state index in [2.05, 4.69) is 25.3 Å². The Labute approximate surface area is 106 Å². The van der Waals surface area contributed by atoms with Crippen LogP contribution in [0.15, 0.2) is 0 Å². The predicted molar refractivity (Wildman–Crippen MR) is 65.0 cm³/mol. The zero-order chi connectivity index (χ0) is 12.1. The third kappa shape index (κ3) is 3.49. The van der Waals surface area contributed by atoms with Gasteiger partial charge in [0.15, 0.2) is 6.29 Å². The van der Waals surface area contributed by atoms with Crippen molar-refractivity contribution in [3.63, 3.8) is 0 Å². The molecule has 96 valence electrons. The molecule has 1 saturated heterocycles. The molecule has 0 radical (unpaired) electrons. The second-order valence-electron chi connectivity index (χ2n) is 3.65. The third-order valence-corrected chi connectivity index (χ3v) is 3.11. The Hall–Kier alpha value is 0.500. The van der Waals surface area contributed by atoms with Crippen molar-refractivity contribution >= 4 is 25.3 Å². The van der Waals surface area contributed by atoms with Gasteiger partial charge >= 0.3 is 0 Å². The molecule has 0 saturated carbocycles. The van der Waals surface area contributed by atoms with Crippen LogP contribution in [0.2, 0.25) is 0 Å². The minimum atomic E-state index is -1.27. The van der Waals surface area contributed by atoms with Crippen molar-refractivity contribution < 1.29 is 24.8 Å². The Morgan fingerprint density at radius 1 is 1.06 bits per heavy atom. The van der Waals surface area contributed by atoms with Gasteiger partial charge in [-0.1, -0.05) is 0 Å². The molecule has 1 rings (SSSR count). The van der Waals surface area contributed by atoms with Gasteiger partial charge in [0, 0.05) is 5.75 Å². The van der Waals surface area contributed by atoms with Crippen molar-refractivity contribution in [2.45, 2.75) is 37.1 Å². The molecule has 0 aromatic rings. The van der Waals surface area contributed by atoms with E-state index in [1.54, 1.807) is 0 Å². The molecule has 5 atom stereocenters. The first kappa shape index (κ1) is 14.6. The third-order valence-electron chi connectivity index (χ3n) is 2.43. The van der Waals surface area contributed by atoms with Crippen molar-refractivity contribution in [2.24, 2.45) is 0 Å². The van der Waals surface area contributed by atoms with E-state index in [0.717, 1.165) is 6.42 Å². The molecule has 5 nitrogen and oxygen atoms in total. The van der Waals surface area contributed by atoms with Gasteiger partial charge in [0.2, 0.25) is 0 Å². The molecule has 1 aliphatic rings. The summed E-state index contributed by atoms with van der Waals surface area (Å²) in [7, 11) is 0. The number of ether oxygens (including phenoxy) is 2. The topological polar surface area (TPSA) is 79.2 Å². The van der Waals surface area contributed by atoms with E-state index in [9.17, 15) is 15.3 Å². The number of rotatable bonds is 5. The predicted octanol–water partition coefficient (Wildman–Crippen LogP) is -0.940. The highest BCUT2D eigenvalue weighted by Gasteiger charge is 2.43. The lowest BCUT2D eigenvalue weighted by atomic mass is 10.00. The van der Waals surface area contributed by atoms with Gasteiger partial charge in [-0.25, -0.2) is 0 Å². The molecule has 5 unspecified atom stereocenters. The molecule has 0 amide bonds. The van der Waals surface area contributed by atoms with Crippen LogP contribution in [-0.4, -0.2) is 64.1 Å². The Balaban J connectivity index is 2.50. The van der Waals surface area contributed by atoms with Gasteiger partial charge in [0.05, 0.1) is 12.7 Å². The number of aliphatic hydroxyl groups excluding tert-OH is 3. The van der Waals surface area contributed by atoms with Crippen molar-refractivity contribution in [2.75, 3.05) is 18.1 Å². The summed E-state index contributed by atoms with van der Waals surface area (Å²) in [4.78, 5) is 0. The fourth-order valence-electron chi connectivity index (χ4n) is 1.47. The molecule has 0 spiro atoms. The van der Waals surface area contributed by atoms with E-state index in [0.29, 0.717) is 12.4 Å². The van der Waals surface area contributed by atoms with Gasteiger partial charge in [-0.15, -0.1) is 0 Å². The van der Waals surface area contributed by atoms with Crippen LogP contribution in [0.3, 0.4) is 0 Å². The van der Waals surface area contributed by atoms with Gasteiger partial charge in [0.1, 0.15) is 18.3 Å². The first-order valence-corrected chi connectivity index (χ1v) is 6.41. The van der Waals surface area contributed by atoms with Crippen LogP contribution in [0, 0.1) is 0 Å². The smallest absolute Gasteiger partial charge is 0.186 e. The standard InChI is InChI=1S/C9H18O5S2/c10-6-5(4-16)14-9(8(12)7(6)11)13-2-1-3-15/h5-12,15-16H,1-4H2. The molecular weight excluding hydrogens is 252 g/mol. The SMILES string of the molecule is OC1C(CS)OC(OCCCS)C(O)C1O.